The topological polar surface area (TPSA) is 97.1 Å². The highest BCUT2D eigenvalue weighted by atomic mass is 32.2. The standard InChI is InChI=1S/C22H26N4O5S/c27-32(28,17-7-8-20-21(15-17)30-16-29-20)23-9-3-4-10-25-11-13-26(14-12-25)22-18-5-1-2-6-19(18)31-24-22/h1-2,5-8,15,23H,3-4,9-14,16H2. The van der Waals surface area contributed by atoms with Gasteiger partial charge in [0, 0.05) is 38.8 Å². The predicted molar refractivity (Wildman–Crippen MR) is 120 cm³/mol. The van der Waals surface area contributed by atoms with E-state index in [0.29, 0.717) is 18.0 Å². The summed E-state index contributed by atoms with van der Waals surface area (Å²) in [5.41, 5.74) is 0.813. The summed E-state index contributed by atoms with van der Waals surface area (Å²) in [4.78, 5) is 4.87. The van der Waals surface area contributed by atoms with Crippen molar-refractivity contribution >= 4 is 26.8 Å². The van der Waals surface area contributed by atoms with E-state index in [1.165, 1.54) is 12.1 Å². The van der Waals surface area contributed by atoms with Crippen molar-refractivity contribution in [3.05, 3.63) is 42.5 Å². The molecule has 1 aromatic heterocycles. The fourth-order valence-corrected chi connectivity index (χ4v) is 5.17. The van der Waals surface area contributed by atoms with Gasteiger partial charge in [-0.25, -0.2) is 13.1 Å². The smallest absolute Gasteiger partial charge is 0.240 e. The van der Waals surface area contributed by atoms with Crippen molar-refractivity contribution in [2.45, 2.75) is 17.7 Å². The zero-order valence-electron chi connectivity index (χ0n) is 17.7. The lowest BCUT2D eigenvalue weighted by atomic mass is 10.2. The zero-order valence-corrected chi connectivity index (χ0v) is 18.5. The van der Waals surface area contributed by atoms with E-state index >= 15 is 0 Å². The molecule has 0 radical (unpaired) electrons. The van der Waals surface area contributed by atoms with Crippen molar-refractivity contribution in [3.63, 3.8) is 0 Å². The first-order valence-corrected chi connectivity index (χ1v) is 12.3. The van der Waals surface area contributed by atoms with E-state index in [1.807, 2.05) is 24.3 Å². The zero-order chi connectivity index (χ0) is 22.0. The normalized spacial score (nSPS) is 16.7. The second-order valence-corrected chi connectivity index (χ2v) is 9.72. The number of nitrogens with zero attached hydrogens (tertiary/aromatic N) is 3. The lowest BCUT2D eigenvalue weighted by Crippen LogP contribution is -2.46. The third-order valence-electron chi connectivity index (χ3n) is 5.88. The van der Waals surface area contributed by atoms with Gasteiger partial charge < -0.3 is 18.9 Å². The summed E-state index contributed by atoms with van der Waals surface area (Å²) in [6.07, 6.45) is 1.70. The van der Waals surface area contributed by atoms with E-state index in [1.54, 1.807) is 6.07 Å². The number of piperazine rings is 1. The summed E-state index contributed by atoms with van der Waals surface area (Å²) < 4.78 is 43.6. The molecule has 0 atom stereocenters. The Bertz CT molecular complexity index is 1190. The number of hydrogen-bond donors (Lipinski definition) is 1. The van der Waals surface area contributed by atoms with Crippen LogP contribution in [0.25, 0.3) is 11.0 Å². The molecule has 3 heterocycles. The minimum absolute atomic E-state index is 0.121. The molecule has 5 rings (SSSR count). The average Bonchev–Trinajstić information content (AvgIpc) is 3.46. The Labute approximate surface area is 186 Å². The number of sulfonamides is 1. The Morgan fingerprint density at radius 1 is 0.969 bits per heavy atom. The second kappa shape index (κ2) is 8.97. The first kappa shape index (κ1) is 21.0. The summed E-state index contributed by atoms with van der Waals surface area (Å²) in [6.45, 7) is 5.16. The van der Waals surface area contributed by atoms with Crippen molar-refractivity contribution in [2.75, 3.05) is 51.0 Å². The number of aromatic nitrogens is 1. The van der Waals surface area contributed by atoms with Crippen LogP contribution in [0, 0.1) is 0 Å². The monoisotopic (exact) mass is 458 g/mol. The SMILES string of the molecule is O=S(=O)(NCCCCN1CCN(c2noc3ccccc23)CC1)c1ccc2c(c1)OCO2. The highest BCUT2D eigenvalue weighted by Gasteiger charge is 2.22. The highest BCUT2D eigenvalue weighted by Crippen LogP contribution is 2.33. The summed E-state index contributed by atoms with van der Waals surface area (Å²) in [5, 5.41) is 5.30. The fourth-order valence-electron chi connectivity index (χ4n) is 4.08. The van der Waals surface area contributed by atoms with Crippen LogP contribution in [-0.2, 0) is 10.0 Å². The van der Waals surface area contributed by atoms with Crippen molar-refractivity contribution in [1.29, 1.82) is 0 Å². The number of fused-ring (bicyclic) bond motifs is 2. The molecule has 170 valence electrons. The maximum Gasteiger partial charge on any atom is 0.240 e. The number of ether oxygens (including phenoxy) is 2. The average molecular weight is 459 g/mol. The third kappa shape index (κ3) is 4.38. The Kier molecular flexibility index (Phi) is 5.90. The van der Waals surface area contributed by atoms with Gasteiger partial charge in [0.1, 0.15) is 0 Å². The Hall–Kier alpha value is -2.82. The van der Waals surface area contributed by atoms with Gasteiger partial charge in [-0.3, -0.25) is 4.90 Å². The van der Waals surface area contributed by atoms with Gasteiger partial charge in [0.2, 0.25) is 16.8 Å². The van der Waals surface area contributed by atoms with E-state index < -0.39 is 10.0 Å². The van der Waals surface area contributed by atoms with Gasteiger partial charge in [-0.1, -0.05) is 17.3 Å². The molecule has 0 unspecified atom stereocenters. The van der Waals surface area contributed by atoms with Crippen molar-refractivity contribution in [3.8, 4) is 11.5 Å². The lowest BCUT2D eigenvalue weighted by molar-refractivity contribution is 0.174. The first-order valence-electron chi connectivity index (χ1n) is 10.8. The van der Waals surface area contributed by atoms with Gasteiger partial charge in [-0.2, -0.15) is 0 Å². The molecule has 2 aromatic carbocycles. The van der Waals surface area contributed by atoms with Crippen molar-refractivity contribution in [2.24, 2.45) is 0 Å². The lowest BCUT2D eigenvalue weighted by Gasteiger charge is -2.34. The second-order valence-electron chi connectivity index (χ2n) is 7.95. The number of para-hydroxylation sites is 1. The maximum atomic E-state index is 12.5. The molecule has 1 saturated heterocycles. The highest BCUT2D eigenvalue weighted by molar-refractivity contribution is 7.89. The van der Waals surface area contributed by atoms with Crippen LogP contribution in [0.2, 0.25) is 0 Å². The molecular formula is C22H26N4O5S. The third-order valence-corrected chi connectivity index (χ3v) is 7.34. The number of unbranched alkanes of at least 4 members (excludes halogenated alkanes) is 1. The Morgan fingerprint density at radius 2 is 1.78 bits per heavy atom. The summed E-state index contributed by atoms with van der Waals surface area (Å²) in [5.74, 6) is 1.95. The number of nitrogens with one attached hydrogen (secondary N) is 1. The maximum absolute atomic E-state index is 12.5. The minimum Gasteiger partial charge on any atom is -0.454 e. The number of anilines is 1. The molecule has 1 N–H and O–H groups in total. The minimum atomic E-state index is -3.56. The molecular weight excluding hydrogens is 432 g/mol. The quantitative estimate of drug-likeness (QED) is 0.514. The van der Waals surface area contributed by atoms with E-state index in [0.717, 1.165) is 62.4 Å². The van der Waals surface area contributed by atoms with Gasteiger partial charge in [-0.15, -0.1) is 0 Å². The van der Waals surface area contributed by atoms with Gasteiger partial charge in [0.05, 0.1) is 10.3 Å². The van der Waals surface area contributed by atoms with E-state index in [9.17, 15) is 8.42 Å². The largest absolute Gasteiger partial charge is 0.454 e. The van der Waals surface area contributed by atoms with Crippen molar-refractivity contribution < 1.29 is 22.4 Å². The fraction of sp³-hybridized carbons (Fsp3) is 0.409. The molecule has 0 amide bonds. The van der Waals surface area contributed by atoms with Crippen LogP contribution in [0.1, 0.15) is 12.8 Å². The van der Waals surface area contributed by atoms with Gasteiger partial charge >= 0.3 is 0 Å². The van der Waals surface area contributed by atoms with Crippen LogP contribution >= 0.6 is 0 Å². The van der Waals surface area contributed by atoms with E-state index in [4.69, 9.17) is 14.0 Å². The van der Waals surface area contributed by atoms with Crippen LogP contribution in [0.5, 0.6) is 11.5 Å². The molecule has 0 aliphatic carbocycles. The van der Waals surface area contributed by atoms with Crippen LogP contribution in [-0.4, -0.2) is 64.5 Å². The van der Waals surface area contributed by atoms with Crippen LogP contribution in [0.4, 0.5) is 5.82 Å². The van der Waals surface area contributed by atoms with Crippen LogP contribution < -0.4 is 19.1 Å². The molecule has 3 aromatic rings. The molecule has 1 fully saturated rings. The van der Waals surface area contributed by atoms with Crippen LogP contribution in [0.15, 0.2) is 51.9 Å². The number of rotatable bonds is 8. The van der Waals surface area contributed by atoms with Crippen molar-refractivity contribution in [1.82, 2.24) is 14.8 Å². The van der Waals surface area contributed by atoms with Gasteiger partial charge in [-0.05, 0) is 43.7 Å². The Morgan fingerprint density at radius 3 is 2.66 bits per heavy atom. The molecule has 0 spiro atoms. The number of benzene rings is 2. The number of hydrogen-bond acceptors (Lipinski definition) is 8. The predicted octanol–water partition coefficient (Wildman–Crippen LogP) is 2.44. The molecule has 32 heavy (non-hydrogen) atoms. The van der Waals surface area contributed by atoms with Crippen LogP contribution in [0.3, 0.4) is 0 Å². The summed E-state index contributed by atoms with van der Waals surface area (Å²) in [6, 6.07) is 12.6. The molecule has 2 aliphatic rings. The summed E-state index contributed by atoms with van der Waals surface area (Å²) in [7, 11) is -3.56. The molecule has 2 aliphatic heterocycles. The molecule has 10 heteroatoms. The molecule has 0 bridgehead atoms. The van der Waals surface area contributed by atoms with Gasteiger partial charge in [0.25, 0.3) is 0 Å². The van der Waals surface area contributed by atoms with Gasteiger partial charge in [0.15, 0.2) is 22.9 Å². The molecule has 0 saturated carbocycles. The molecule has 9 nitrogen and oxygen atoms in total. The summed E-state index contributed by atoms with van der Waals surface area (Å²) >= 11 is 0. The Balaban J connectivity index is 1.04. The van der Waals surface area contributed by atoms with E-state index in [2.05, 4.69) is 19.7 Å². The first-order chi connectivity index (χ1) is 15.6. The van der Waals surface area contributed by atoms with E-state index in [-0.39, 0.29) is 11.7 Å².